The van der Waals surface area contributed by atoms with Gasteiger partial charge in [0, 0.05) is 11.1 Å². The maximum absolute atomic E-state index is 11.0. The van der Waals surface area contributed by atoms with Crippen molar-refractivity contribution in [3.8, 4) is 0 Å². The topological polar surface area (TPSA) is 79.3 Å². The fourth-order valence-corrected chi connectivity index (χ4v) is 2.50. The van der Waals surface area contributed by atoms with Crippen molar-refractivity contribution < 1.29 is 13.0 Å². The molecule has 7 heteroatoms. The van der Waals surface area contributed by atoms with Gasteiger partial charge >= 0.3 is 0 Å². The SMILES string of the molecule is Cc1csc(Nc2cccc(S(=O)(=O)O)c2)n1. The molecule has 0 saturated carbocycles. The number of anilines is 2. The molecule has 0 fully saturated rings. The van der Waals surface area contributed by atoms with Gasteiger partial charge in [-0.05, 0) is 25.1 Å². The van der Waals surface area contributed by atoms with Crippen LogP contribution in [0.2, 0.25) is 0 Å². The first kappa shape index (κ1) is 12.0. The molecule has 0 radical (unpaired) electrons. The Labute approximate surface area is 103 Å². The molecule has 1 aromatic carbocycles. The quantitative estimate of drug-likeness (QED) is 0.837. The molecular formula is C10H10N2O3S2. The Balaban J connectivity index is 2.28. The summed E-state index contributed by atoms with van der Waals surface area (Å²) in [5.41, 5.74) is 1.46. The van der Waals surface area contributed by atoms with Crippen LogP contribution in [0, 0.1) is 6.92 Å². The molecule has 5 nitrogen and oxygen atoms in total. The first-order valence-electron chi connectivity index (χ1n) is 4.72. The molecule has 1 heterocycles. The molecule has 0 unspecified atom stereocenters. The van der Waals surface area contributed by atoms with Crippen molar-refractivity contribution in [1.82, 2.24) is 4.98 Å². The van der Waals surface area contributed by atoms with Crippen LogP contribution in [-0.2, 0) is 10.1 Å². The van der Waals surface area contributed by atoms with Crippen LogP contribution in [0.5, 0.6) is 0 Å². The van der Waals surface area contributed by atoms with Crippen molar-refractivity contribution in [2.24, 2.45) is 0 Å². The predicted molar refractivity (Wildman–Crippen MR) is 66.4 cm³/mol. The van der Waals surface area contributed by atoms with Crippen molar-refractivity contribution in [2.75, 3.05) is 5.32 Å². The number of rotatable bonds is 3. The Morgan fingerprint density at radius 1 is 1.41 bits per heavy atom. The number of benzene rings is 1. The van der Waals surface area contributed by atoms with Gasteiger partial charge in [0.15, 0.2) is 5.13 Å². The smallest absolute Gasteiger partial charge is 0.294 e. The van der Waals surface area contributed by atoms with E-state index in [9.17, 15) is 8.42 Å². The van der Waals surface area contributed by atoms with Crippen LogP contribution < -0.4 is 5.32 Å². The Bertz CT molecular complexity index is 635. The summed E-state index contributed by atoms with van der Waals surface area (Å²) in [5, 5.41) is 5.53. The van der Waals surface area contributed by atoms with E-state index in [0.29, 0.717) is 10.8 Å². The van der Waals surface area contributed by atoms with E-state index in [4.69, 9.17) is 4.55 Å². The van der Waals surface area contributed by atoms with Crippen molar-refractivity contribution in [1.29, 1.82) is 0 Å². The van der Waals surface area contributed by atoms with Gasteiger partial charge in [-0.15, -0.1) is 11.3 Å². The molecular weight excluding hydrogens is 260 g/mol. The highest BCUT2D eigenvalue weighted by Crippen LogP contribution is 2.22. The van der Waals surface area contributed by atoms with Crippen LogP contribution in [0.1, 0.15) is 5.69 Å². The van der Waals surface area contributed by atoms with Gasteiger partial charge in [-0.1, -0.05) is 6.07 Å². The number of aromatic nitrogens is 1. The Kier molecular flexibility index (Phi) is 3.14. The molecule has 0 aliphatic heterocycles. The zero-order valence-electron chi connectivity index (χ0n) is 8.91. The van der Waals surface area contributed by atoms with Gasteiger partial charge in [-0.2, -0.15) is 8.42 Å². The van der Waals surface area contributed by atoms with Gasteiger partial charge in [0.25, 0.3) is 10.1 Å². The maximum atomic E-state index is 11.0. The third-order valence-corrected chi connectivity index (χ3v) is 3.73. The summed E-state index contributed by atoms with van der Waals surface area (Å²) in [5.74, 6) is 0. The van der Waals surface area contributed by atoms with E-state index >= 15 is 0 Å². The molecule has 0 amide bonds. The molecule has 1 aromatic heterocycles. The standard InChI is InChI=1S/C10H10N2O3S2/c1-7-6-16-10(11-7)12-8-3-2-4-9(5-8)17(13,14)15/h2-6H,1H3,(H,11,12)(H,13,14,15). The first-order chi connectivity index (χ1) is 7.95. The summed E-state index contributed by atoms with van der Waals surface area (Å²) >= 11 is 1.42. The lowest BCUT2D eigenvalue weighted by Gasteiger charge is -2.03. The van der Waals surface area contributed by atoms with Gasteiger partial charge in [-0.25, -0.2) is 4.98 Å². The average Bonchev–Trinajstić information content (AvgIpc) is 2.63. The highest BCUT2D eigenvalue weighted by molar-refractivity contribution is 7.85. The molecule has 90 valence electrons. The highest BCUT2D eigenvalue weighted by atomic mass is 32.2. The lowest BCUT2D eigenvalue weighted by molar-refractivity contribution is 0.483. The lowest BCUT2D eigenvalue weighted by Crippen LogP contribution is -1.99. The number of aryl methyl sites for hydroxylation is 1. The van der Waals surface area contributed by atoms with E-state index in [-0.39, 0.29) is 4.90 Å². The molecule has 0 aliphatic rings. The fraction of sp³-hybridized carbons (Fsp3) is 0.100. The largest absolute Gasteiger partial charge is 0.332 e. The minimum atomic E-state index is -4.17. The van der Waals surface area contributed by atoms with Gasteiger partial charge in [0.05, 0.1) is 10.6 Å². The summed E-state index contributed by atoms with van der Waals surface area (Å²) < 4.78 is 30.8. The van der Waals surface area contributed by atoms with Gasteiger partial charge in [-0.3, -0.25) is 4.55 Å². The minimum Gasteiger partial charge on any atom is -0.332 e. The number of hydrogen-bond acceptors (Lipinski definition) is 5. The number of hydrogen-bond donors (Lipinski definition) is 2. The Morgan fingerprint density at radius 2 is 2.18 bits per heavy atom. The Morgan fingerprint density at radius 3 is 2.76 bits per heavy atom. The second-order valence-corrected chi connectivity index (χ2v) is 5.70. The first-order valence-corrected chi connectivity index (χ1v) is 7.04. The van der Waals surface area contributed by atoms with E-state index in [1.807, 2.05) is 12.3 Å². The van der Waals surface area contributed by atoms with Crippen molar-refractivity contribution >= 4 is 32.3 Å². The van der Waals surface area contributed by atoms with E-state index in [0.717, 1.165) is 5.69 Å². The lowest BCUT2D eigenvalue weighted by atomic mass is 10.3. The summed E-state index contributed by atoms with van der Waals surface area (Å²) in [7, 11) is -4.17. The molecule has 2 N–H and O–H groups in total. The molecule has 0 saturated heterocycles. The van der Waals surface area contributed by atoms with Crippen LogP contribution in [0.4, 0.5) is 10.8 Å². The van der Waals surface area contributed by atoms with Crippen LogP contribution in [0.15, 0.2) is 34.5 Å². The molecule has 2 aromatic rings. The molecule has 2 rings (SSSR count). The summed E-state index contributed by atoms with van der Waals surface area (Å²) in [6.45, 7) is 1.87. The van der Waals surface area contributed by atoms with E-state index in [1.165, 1.54) is 23.5 Å². The third kappa shape index (κ3) is 3.02. The zero-order chi connectivity index (χ0) is 12.5. The van der Waals surface area contributed by atoms with Crippen LogP contribution in [0.25, 0.3) is 0 Å². The number of nitrogens with one attached hydrogen (secondary N) is 1. The zero-order valence-corrected chi connectivity index (χ0v) is 10.5. The van der Waals surface area contributed by atoms with E-state index < -0.39 is 10.1 Å². The second-order valence-electron chi connectivity index (χ2n) is 3.42. The van der Waals surface area contributed by atoms with Gasteiger partial charge in [0.2, 0.25) is 0 Å². The summed E-state index contributed by atoms with van der Waals surface area (Å²) in [6, 6.07) is 5.93. The molecule has 0 aliphatic carbocycles. The van der Waals surface area contributed by atoms with Crippen molar-refractivity contribution in [2.45, 2.75) is 11.8 Å². The average molecular weight is 270 g/mol. The Hall–Kier alpha value is -1.44. The maximum Gasteiger partial charge on any atom is 0.294 e. The fourth-order valence-electron chi connectivity index (χ4n) is 1.27. The van der Waals surface area contributed by atoms with Gasteiger partial charge < -0.3 is 5.32 Å². The number of thiazole rings is 1. The van der Waals surface area contributed by atoms with E-state index in [2.05, 4.69) is 10.3 Å². The molecule has 0 bridgehead atoms. The second kappa shape index (κ2) is 4.44. The van der Waals surface area contributed by atoms with Crippen LogP contribution >= 0.6 is 11.3 Å². The van der Waals surface area contributed by atoms with Gasteiger partial charge in [0.1, 0.15) is 0 Å². The van der Waals surface area contributed by atoms with E-state index in [1.54, 1.807) is 12.1 Å². The van der Waals surface area contributed by atoms with Crippen LogP contribution in [0.3, 0.4) is 0 Å². The summed E-state index contributed by atoms with van der Waals surface area (Å²) in [4.78, 5) is 4.05. The molecule has 17 heavy (non-hydrogen) atoms. The molecule has 0 spiro atoms. The predicted octanol–water partition coefficient (Wildman–Crippen LogP) is 2.44. The summed E-state index contributed by atoms with van der Waals surface area (Å²) in [6.07, 6.45) is 0. The van der Waals surface area contributed by atoms with Crippen LogP contribution in [-0.4, -0.2) is 18.0 Å². The molecule has 0 atom stereocenters. The normalized spacial score (nSPS) is 11.4. The van der Waals surface area contributed by atoms with Crippen molar-refractivity contribution in [3.63, 3.8) is 0 Å². The highest BCUT2D eigenvalue weighted by Gasteiger charge is 2.09. The monoisotopic (exact) mass is 270 g/mol. The third-order valence-electron chi connectivity index (χ3n) is 2.00. The minimum absolute atomic E-state index is 0.143. The number of nitrogens with zero attached hydrogens (tertiary/aromatic N) is 1. The van der Waals surface area contributed by atoms with Crippen molar-refractivity contribution in [3.05, 3.63) is 35.3 Å².